The Morgan fingerprint density at radius 2 is 2.00 bits per heavy atom. The lowest BCUT2D eigenvalue weighted by Crippen LogP contribution is -2.14. The van der Waals surface area contributed by atoms with Crippen LogP contribution in [-0.2, 0) is 5.75 Å². The first-order valence-corrected chi connectivity index (χ1v) is 7.59. The van der Waals surface area contributed by atoms with Crippen LogP contribution in [0.2, 0.25) is 0 Å². The van der Waals surface area contributed by atoms with E-state index in [1.807, 2.05) is 49.4 Å². The number of aromatic amines is 1. The van der Waals surface area contributed by atoms with Crippen molar-refractivity contribution in [3.8, 4) is 0 Å². The van der Waals surface area contributed by atoms with E-state index in [9.17, 15) is 4.79 Å². The van der Waals surface area contributed by atoms with Crippen LogP contribution in [0.25, 0.3) is 11.0 Å². The highest BCUT2D eigenvalue weighted by atomic mass is 32.2. The Labute approximate surface area is 126 Å². The van der Waals surface area contributed by atoms with Crippen LogP contribution in [0.4, 0.5) is 5.69 Å². The summed E-state index contributed by atoms with van der Waals surface area (Å²) in [5, 5.41) is 0. The quantitative estimate of drug-likeness (QED) is 0.575. The Morgan fingerprint density at radius 3 is 2.86 bits per heavy atom. The molecule has 4 nitrogen and oxygen atoms in total. The van der Waals surface area contributed by atoms with Crippen LogP contribution < -0.4 is 11.3 Å². The van der Waals surface area contributed by atoms with Crippen LogP contribution in [0.5, 0.6) is 0 Å². The largest absolute Gasteiger partial charge is 0.398 e. The molecule has 1 heterocycles. The molecule has 3 N–H and O–H groups in total. The number of nitrogens with zero attached hydrogens (tertiary/aromatic N) is 1. The summed E-state index contributed by atoms with van der Waals surface area (Å²) in [7, 11) is 0. The maximum absolute atomic E-state index is 12.0. The van der Waals surface area contributed by atoms with Gasteiger partial charge in [0.05, 0.1) is 11.0 Å². The molecule has 1 aromatic heterocycles. The fraction of sp³-hybridized carbons (Fsp3) is 0.125. The van der Waals surface area contributed by atoms with Crippen molar-refractivity contribution in [2.24, 2.45) is 0 Å². The predicted molar refractivity (Wildman–Crippen MR) is 87.5 cm³/mol. The molecule has 0 fully saturated rings. The van der Waals surface area contributed by atoms with Crippen molar-refractivity contribution in [2.45, 2.75) is 17.6 Å². The standard InChI is InChI=1S/C16H15N3OS/c1-10-5-4-8-14(15(10)17)21-9-13-16(20)19-12-7-3-2-6-11(12)18-13/h2-8H,9,17H2,1H3,(H,19,20). The number of nitrogens with one attached hydrogen (secondary N) is 1. The van der Waals surface area contributed by atoms with Crippen molar-refractivity contribution in [1.82, 2.24) is 9.97 Å². The number of aromatic nitrogens is 2. The van der Waals surface area contributed by atoms with E-state index < -0.39 is 0 Å². The summed E-state index contributed by atoms with van der Waals surface area (Å²) in [5.41, 5.74) is 9.77. The van der Waals surface area contributed by atoms with Gasteiger partial charge in [-0.15, -0.1) is 11.8 Å². The molecule has 106 valence electrons. The van der Waals surface area contributed by atoms with Gasteiger partial charge in [-0.1, -0.05) is 24.3 Å². The lowest BCUT2D eigenvalue weighted by molar-refractivity contribution is 1.10. The second-order valence-corrected chi connectivity index (χ2v) is 5.82. The predicted octanol–water partition coefficient (Wildman–Crippen LogP) is 3.11. The van der Waals surface area contributed by atoms with Gasteiger partial charge in [0, 0.05) is 16.3 Å². The lowest BCUT2D eigenvalue weighted by atomic mass is 10.2. The zero-order valence-electron chi connectivity index (χ0n) is 11.6. The Hall–Kier alpha value is -2.27. The fourth-order valence-electron chi connectivity index (χ4n) is 2.09. The van der Waals surface area contributed by atoms with Gasteiger partial charge in [0.1, 0.15) is 5.69 Å². The van der Waals surface area contributed by atoms with Crippen molar-refractivity contribution in [3.05, 3.63) is 64.1 Å². The van der Waals surface area contributed by atoms with Gasteiger partial charge in [-0.3, -0.25) is 4.79 Å². The maximum atomic E-state index is 12.0. The van der Waals surface area contributed by atoms with Gasteiger partial charge in [-0.2, -0.15) is 0 Å². The minimum atomic E-state index is -0.146. The number of fused-ring (bicyclic) bond motifs is 1. The monoisotopic (exact) mass is 297 g/mol. The van der Waals surface area contributed by atoms with E-state index in [0.29, 0.717) is 11.4 Å². The second kappa shape index (κ2) is 5.61. The molecule has 0 unspecified atom stereocenters. The number of H-pyrrole nitrogens is 1. The third-order valence-corrected chi connectivity index (χ3v) is 4.40. The van der Waals surface area contributed by atoms with Crippen LogP contribution in [0, 0.1) is 6.92 Å². The summed E-state index contributed by atoms with van der Waals surface area (Å²) in [6, 6.07) is 13.4. The van der Waals surface area contributed by atoms with Crippen LogP contribution in [0.3, 0.4) is 0 Å². The second-order valence-electron chi connectivity index (χ2n) is 4.81. The number of rotatable bonds is 3. The molecule has 0 bridgehead atoms. The average molecular weight is 297 g/mol. The summed E-state index contributed by atoms with van der Waals surface area (Å²) in [5.74, 6) is 0.494. The maximum Gasteiger partial charge on any atom is 0.271 e. The van der Waals surface area contributed by atoms with Crippen molar-refractivity contribution in [2.75, 3.05) is 5.73 Å². The number of thioether (sulfide) groups is 1. The molecule has 0 saturated carbocycles. The highest BCUT2D eigenvalue weighted by molar-refractivity contribution is 7.98. The van der Waals surface area contributed by atoms with E-state index in [0.717, 1.165) is 27.2 Å². The molecule has 21 heavy (non-hydrogen) atoms. The van der Waals surface area contributed by atoms with E-state index in [-0.39, 0.29) is 5.56 Å². The zero-order valence-corrected chi connectivity index (χ0v) is 12.4. The number of anilines is 1. The molecular formula is C16H15N3OS. The minimum absolute atomic E-state index is 0.146. The van der Waals surface area contributed by atoms with Crippen molar-refractivity contribution in [3.63, 3.8) is 0 Å². The van der Waals surface area contributed by atoms with E-state index in [1.54, 1.807) is 0 Å². The van der Waals surface area contributed by atoms with Gasteiger partial charge in [-0.05, 0) is 30.7 Å². The Kier molecular flexibility index (Phi) is 3.66. The molecule has 0 aliphatic heterocycles. The molecule has 0 amide bonds. The molecule has 3 rings (SSSR count). The third kappa shape index (κ3) is 2.78. The number of para-hydroxylation sites is 3. The number of hydrogen-bond acceptors (Lipinski definition) is 4. The van der Waals surface area contributed by atoms with Crippen LogP contribution in [0.15, 0.2) is 52.2 Å². The van der Waals surface area contributed by atoms with Crippen molar-refractivity contribution < 1.29 is 0 Å². The molecule has 0 aliphatic carbocycles. The summed E-state index contributed by atoms with van der Waals surface area (Å²) in [6.07, 6.45) is 0. The zero-order chi connectivity index (χ0) is 14.8. The molecule has 5 heteroatoms. The molecule has 0 radical (unpaired) electrons. The van der Waals surface area contributed by atoms with Crippen molar-refractivity contribution in [1.29, 1.82) is 0 Å². The fourth-order valence-corrected chi connectivity index (χ4v) is 3.07. The smallest absolute Gasteiger partial charge is 0.271 e. The number of benzene rings is 2. The van der Waals surface area contributed by atoms with Gasteiger partial charge in [-0.25, -0.2) is 4.98 Å². The lowest BCUT2D eigenvalue weighted by Gasteiger charge is -2.07. The van der Waals surface area contributed by atoms with Gasteiger partial charge < -0.3 is 10.7 Å². The minimum Gasteiger partial charge on any atom is -0.398 e. The average Bonchev–Trinajstić information content (AvgIpc) is 2.49. The van der Waals surface area contributed by atoms with Gasteiger partial charge in [0.15, 0.2) is 0 Å². The van der Waals surface area contributed by atoms with Crippen LogP contribution in [0.1, 0.15) is 11.3 Å². The summed E-state index contributed by atoms with van der Waals surface area (Å²) >= 11 is 1.53. The Balaban J connectivity index is 1.90. The topological polar surface area (TPSA) is 71.8 Å². The Bertz CT molecular complexity index is 858. The van der Waals surface area contributed by atoms with E-state index in [2.05, 4.69) is 9.97 Å². The molecule has 2 aromatic carbocycles. The van der Waals surface area contributed by atoms with Crippen LogP contribution >= 0.6 is 11.8 Å². The first-order chi connectivity index (χ1) is 10.1. The first kappa shape index (κ1) is 13.7. The number of nitrogens with two attached hydrogens (primary N) is 1. The van der Waals surface area contributed by atoms with Crippen LogP contribution in [-0.4, -0.2) is 9.97 Å². The first-order valence-electron chi connectivity index (χ1n) is 6.61. The molecule has 3 aromatic rings. The van der Waals surface area contributed by atoms with Gasteiger partial charge >= 0.3 is 0 Å². The van der Waals surface area contributed by atoms with Gasteiger partial charge in [0.2, 0.25) is 0 Å². The molecule has 0 atom stereocenters. The summed E-state index contributed by atoms with van der Waals surface area (Å²) in [6.45, 7) is 1.97. The van der Waals surface area contributed by atoms with Gasteiger partial charge in [0.25, 0.3) is 5.56 Å². The SMILES string of the molecule is Cc1cccc(SCc2nc3ccccc3[nH]c2=O)c1N. The highest BCUT2D eigenvalue weighted by Crippen LogP contribution is 2.29. The normalized spacial score (nSPS) is 10.9. The van der Waals surface area contributed by atoms with E-state index in [1.165, 1.54) is 11.8 Å². The third-order valence-electron chi connectivity index (χ3n) is 3.32. The highest BCUT2D eigenvalue weighted by Gasteiger charge is 2.07. The number of aryl methyl sites for hydroxylation is 1. The molecule has 0 spiro atoms. The van der Waals surface area contributed by atoms with E-state index in [4.69, 9.17) is 5.73 Å². The molecule has 0 saturated heterocycles. The molecular weight excluding hydrogens is 282 g/mol. The molecule has 0 aliphatic rings. The number of hydrogen-bond donors (Lipinski definition) is 2. The summed E-state index contributed by atoms with van der Waals surface area (Å²) in [4.78, 5) is 20.3. The van der Waals surface area contributed by atoms with Crippen molar-refractivity contribution >= 4 is 28.5 Å². The summed E-state index contributed by atoms with van der Waals surface area (Å²) < 4.78 is 0. The Morgan fingerprint density at radius 1 is 1.19 bits per heavy atom. The number of nitrogen functional groups attached to an aromatic ring is 1. The van der Waals surface area contributed by atoms with E-state index >= 15 is 0 Å².